The van der Waals surface area contributed by atoms with E-state index in [2.05, 4.69) is 23.2 Å². The van der Waals surface area contributed by atoms with Gasteiger partial charge in [0.15, 0.2) is 0 Å². The summed E-state index contributed by atoms with van der Waals surface area (Å²) >= 11 is 0. The van der Waals surface area contributed by atoms with Crippen LogP contribution in [-0.2, 0) is 9.59 Å². The molecule has 4 N–H and O–H groups in total. The monoisotopic (exact) mass is 290 g/mol. The van der Waals surface area contributed by atoms with Crippen LogP contribution in [0.25, 0.3) is 10.9 Å². The quantitative estimate of drug-likeness (QED) is 0.805. The Morgan fingerprint density at radius 1 is 1.19 bits per heavy atom. The zero-order chi connectivity index (χ0) is 16.0. The van der Waals surface area contributed by atoms with Gasteiger partial charge in [-0.3, -0.25) is 9.59 Å². The van der Waals surface area contributed by atoms with Crippen molar-refractivity contribution in [3.05, 3.63) is 36.5 Å². The van der Waals surface area contributed by atoms with Gasteiger partial charge in [-0.15, -0.1) is 0 Å². The molecular weight excluding hydrogens is 268 g/mol. The molecule has 2 rings (SSSR count). The molecule has 5 nitrogen and oxygen atoms in total. The Hall–Kier alpha value is -2.14. The molecular formula is C16H22N2O3. The molecule has 0 amide bonds. The number of fused-ring (bicyclic) bond motifs is 1. The van der Waals surface area contributed by atoms with Crippen molar-refractivity contribution in [2.45, 2.75) is 26.8 Å². The van der Waals surface area contributed by atoms with E-state index < -0.39 is 17.9 Å². The average molecular weight is 290 g/mol. The number of aliphatic carboxylic acids is 1. The van der Waals surface area contributed by atoms with E-state index in [4.69, 9.17) is 10.8 Å². The summed E-state index contributed by atoms with van der Waals surface area (Å²) in [6.45, 7) is 4.94. The Labute approximate surface area is 124 Å². The second-order valence-electron chi connectivity index (χ2n) is 5.31. The highest BCUT2D eigenvalue weighted by Crippen LogP contribution is 2.15. The lowest BCUT2D eigenvalue weighted by atomic mass is 9.86. The van der Waals surface area contributed by atoms with Gasteiger partial charge in [0, 0.05) is 17.6 Å². The van der Waals surface area contributed by atoms with Gasteiger partial charge in [0.2, 0.25) is 0 Å². The van der Waals surface area contributed by atoms with Crippen LogP contribution >= 0.6 is 0 Å². The Morgan fingerprint density at radius 3 is 2.24 bits per heavy atom. The van der Waals surface area contributed by atoms with Crippen LogP contribution in [0.4, 0.5) is 0 Å². The van der Waals surface area contributed by atoms with Gasteiger partial charge in [-0.05, 0) is 30.4 Å². The number of benzene rings is 1. The normalized spacial score (nSPS) is 13.4. The third kappa shape index (κ3) is 4.72. The molecule has 1 aromatic carbocycles. The number of ketones is 1. The Kier molecular flexibility index (Phi) is 6.11. The van der Waals surface area contributed by atoms with E-state index >= 15 is 0 Å². The van der Waals surface area contributed by atoms with Crippen molar-refractivity contribution in [1.82, 2.24) is 4.98 Å². The Morgan fingerprint density at radius 2 is 1.81 bits per heavy atom. The highest BCUT2D eigenvalue weighted by atomic mass is 16.4. The van der Waals surface area contributed by atoms with Crippen LogP contribution in [0.3, 0.4) is 0 Å². The third-order valence-corrected chi connectivity index (χ3v) is 3.32. The number of hydrogen-bond acceptors (Lipinski definition) is 3. The number of para-hydroxylation sites is 1. The number of nitrogens with one attached hydrogen (secondary N) is 1. The van der Waals surface area contributed by atoms with Gasteiger partial charge in [-0.1, -0.05) is 32.0 Å². The molecule has 0 spiro atoms. The van der Waals surface area contributed by atoms with Crippen molar-refractivity contribution in [3.63, 3.8) is 0 Å². The van der Waals surface area contributed by atoms with Gasteiger partial charge in [-0.2, -0.15) is 0 Å². The Balaban J connectivity index is 0.000000216. The number of carboxylic acid groups (broad SMARTS) is 1. The molecule has 5 heteroatoms. The molecule has 0 fully saturated rings. The Bertz CT molecular complexity index is 574. The smallest absolute Gasteiger partial charge is 0.321 e. The van der Waals surface area contributed by atoms with Crippen molar-refractivity contribution in [1.29, 1.82) is 0 Å². The number of nitrogens with two attached hydrogens (primary N) is 1. The number of hydrogen-bond donors (Lipinski definition) is 3. The molecule has 2 aromatic rings. The van der Waals surface area contributed by atoms with Crippen molar-refractivity contribution in [2.24, 2.45) is 17.6 Å². The minimum absolute atomic E-state index is 0.0337. The zero-order valence-corrected chi connectivity index (χ0v) is 12.5. The van der Waals surface area contributed by atoms with E-state index in [1.54, 1.807) is 13.8 Å². The first-order valence-corrected chi connectivity index (χ1v) is 6.85. The van der Waals surface area contributed by atoms with E-state index in [-0.39, 0.29) is 11.7 Å². The molecule has 2 unspecified atom stereocenters. The van der Waals surface area contributed by atoms with E-state index in [1.165, 1.54) is 17.8 Å². The molecule has 0 aliphatic heterocycles. The number of H-pyrrole nitrogens is 1. The summed E-state index contributed by atoms with van der Waals surface area (Å²) in [5, 5.41) is 9.85. The predicted octanol–water partition coefficient (Wildman–Crippen LogP) is 2.43. The molecule has 114 valence electrons. The molecule has 0 saturated carbocycles. The fraction of sp³-hybridized carbons (Fsp3) is 0.375. The zero-order valence-electron chi connectivity index (χ0n) is 12.5. The van der Waals surface area contributed by atoms with Gasteiger partial charge in [-0.25, -0.2) is 0 Å². The number of Topliss-reactive ketones (excluding diaryl/α,β-unsaturated/α-hetero) is 1. The number of rotatable bonds is 4. The van der Waals surface area contributed by atoms with E-state index in [0.29, 0.717) is 0 Å². The lowest BCUT2D eigenvalue weighted by Crippen LogP contribution is -2.43. The second kappa shape index (κ2) is 7.59. The summed E-state index contributed by atoms with van der Waals surface area (Å²) in [5.74, 6) is -1.90. The summed E-state index contributed by atoms with van der Waals surface area (Å²) in [6.07, 6.45) is 1.95. The highest BCUT2D eigenvalue weighted by Gasteiger charge is 2.30. The van der Waals surface area contributed by atoms with Gasteiger partial charge >= 0.3 is 5.97 Å². The van der Waals surface area contributed by atoms with Crippen LogP contribution in [0.15, 0.2) is 36.5 Å². The topological polar surface area (TPSA) is 96.2 Å². The summed E-state index contributed by atoms with van der Waals surface area (Å²) in [6, 6.07) is 9.20. The molecule has 0 saturated heterocycles. The predicted molar refractivity (Wildman–Crippen MR) is 82.9 cm³/mol. The number of aromatic nitrogens is 1. The summed E-state index contributed by atoms with van der Waals surface area (Å²) in [7, 11) is 0. The standard InChI is InChI=1S/C8H15NO3.C8H7N/c1-4(2)6(5(3)10)7(9)8(11)12;1-2-4-8-7(3-1)5-6-9-8/h4,6-7H,9H2,1-3H3,(H,11,12);1-6,9H. The third-order valence-electron chi connectivity index (χ3n) is 3.32. The summed E-state index contributed by atoms with van der Waals surface area (Å²) < 4.78 is 0. The van der Waals surface area contributed by atoms with Gasteiger partial charge in [0.1, 0.15) is 11.8 Å². The molecule has 1 heterocycles. The van der Waals surface area contributed by atoms with Crippen LogP contribution < -0.4 is 5.73 Å². The number of carbonyl (C=O) groups excluding carboxylic acids is 1. The van der Waals surface area contributed by atoms with Gasteiger partial charge in [0.25, 0.3) is 0 Å². The van der Waals surface area contributed by atoms with Crippen molar-refractivity contribution < 1.29 is 14.7 Å². The highest BCUT2D eigenvalue weighted by molar-refractivity contribution is 5.86. The molecule has 21 heavy (non-hydrogen) atoms. The first kappa shape index (κ1) is 16.9. The molecule has 2 atom stereocenters. The maximum absolute atomic E-state index is 11.0. The second-order valence-corrected chi connectivity index (χ2v) is 5.31. The number of aromatic amines is 1. The average Bonchev–Trinajstić information content (AvgIpc) is 2.86. The lowest BCUT2D eigenvalue weighted by Gasteiger charge is -2.21. The molecule has 0 radical (unpaired) electrons. The molecule has 0 aliphatic carbocycles. The van der Waals surface area contributed by atoms with E-state index in [1.807, 2.05) is 18.3 Å². The first-order valence-electron chi connectivity index (χ1n) is 6.85. The molecule has 1 aromatic heterocycles. The van der Waals surface area contributed by atoms with Crippen LogP contribution in [0.2, 0.25) is 0 Å². The summed E-state index contributed by atoms with van der Waals surface area (Å²) in [4.78, 5) is 24.6. The lowest BCUT2D eigenvalue weighted by molar-refractivity contribution is -0.143. The SMILES string of the molecule is CC(=O)C(C(C)C)C(N)C(=O)O.c1ccc2[nH]ccc2c1. The number of carbonyl (C=O) groups is 2. The molecule has 0 bridgehead atoms. The van der Waals surface area contributed by atoms with Crippen LogP contribution in [-0.4, -0.2) is 27.9 Å². The van der Waals surface area contributed by atoms with Crippen LogP contribution in [0, 0.1) is 11.8 Å². The largest absolute Gasteiger partial charge is 0.480 e. The van der Waals surface area contributed by atoms with Gasteiger partial charge in [0.05, 0.1) is 0 Å². The minimum atomic E-state index is -1.12. The van der Waals surface area contributed by atoms with Crippen molar-refractivity contribution >= 4 is 22.7 Å². The number of carboxylic acids is 1. The molecule has 0 aliphatic rings. The van der Waals surface area contributed by atoms with Crippen LogP contribution in [0.5, 0.6) is 0 Å². The minimum Gasteiger partial charge on any atom is -0.480 e. The first-order chi connectivity index (χ1) is 9.84. The van der Waals surface area contributed by atoms with Crippen LogP contribution in [0.1, 0.15) is 20.8 Å². The van der Waals surface area contributed by atoms with E-state index in [0.717, 1.165) is 0 Å². The van der Waals surface area contributed by atoms with E-state index in [9.17, 15) is 9.59 Å². The summed E-state index contributed by atoms with van der Waals surface area (Å²) in [5.41, 5.74) is 6.55. The fourth-order valence-corrected chi connectivity index (χ4v) is 2.29. The maximum atomic E-state index is 11.0. The van der Waals surface area contributed by atoms with Crippen molar-refractivity contribution in [3.8, 4) is 0 Å². The van der Waals surface area contributed by atoms with Gasteiger partial charge < -0.3 is 15.8 Å². The fourth-order valence-electron chi connectivity index (χ4n) is 2.29. The maximum Gasteiger partial charge on any atom is 0.321 e. The van der Waals surface area contributed by atoms with Crippen molar-refractivity contribution in [2.75, 3.05) is 0 Å².